The third-order valence-electron chi connectivity index (χ3n) is 4.73. The normalized spacial score (nSPS) is 13.3. The number of rotatable bonds is 10. The van der Waals surface area contributed by atoms with Gasteiger partial charge in [0.2, 0.25) is 0 Å². The van der Waals surface area contributed by atoms with Crippen LogP contribution in [-0.4, -0.2) is 38.1 Å². The topological polar surface area (TPSA) is 24.7 Å². The first-order valence-electron chi connectivity index (χ1n) is 10.2. The summed E-state index contributed by atoms with van der Waals surface area (Å²) in [5.74, 6) is 1.46. The van der Waals surface area contributed by atoms with Crippen molar-refractivity contribution in [2.24, 2.45) is 9.98 Å². The van der Waals surface area contributed by atoms with Crippen LogP contribution in [0, 0.1) is 0 Å². The molecule has 0 fully saturated rings. The fourth-order valence-corrected chi connectivity index (χ4v) is 2.58. The lowest BCUT2D eigenvalue weighted by atomic mass is 9.59. The molecule has 0 aliphatic rings. The Morgan fingerprint density at radius 1 is 0.731 bits per heavy atom. The smallest absolute Gasteiger partial charge is 0.126 e. The van der Waals surface area contributed by atoms with Crippen molar-refractivity contribution in [2.45, 2.75) is 90.7 Å². The van der Waals surface area contributed by atoms with Gasteiger partial charge in [-0.05, 0) is 38.8 Å². The molecule has 0 bridgehead atoms. The highest BCUT2D eigenvalue weighted by molar-refractivity contribution is 6.38. The van der Waals surface area contributed by atoms with Gasteiger partial charge in [0.25, 0.3) is 0 Å². The molecule has 0 N–H and O–H groups in total. The highest BCUT2D eigenvalue weighted by Crippen LogP contribution is 2.19. The molecule has 1 aromatic rings. The maximum Gasteiger partial charge on any atom is 0.126 e. The van der Waals surface area contributed by atoms with Gasteiger partial charge < -0.3 is 0 Å². The molecule has 0 amide bonds. The fraction of sp³-hybridized carbons (Fsp3) is 0.636. The maximum absolute atomic E-state index is 4.80. The second-order valence-corrected chi connectivity index (χ2v) is 9.67. The van der Waals surface area contributed by atoms with Crippen molar-refractivity contribution < 1.29 is 0 Å². The molecule has 0 saturated carbocycles. The standard InChI is InChI=1S/C22H38B2N2/c1-17(2)23-15-21(5,6)25-13-19-9-11-20(12-10-19)14-26-22(7,8)16-24-18(3)4/h9-14,17-18,23-24H,15-16H2,1-8H3/b25-13+,26-14+. The predicted molar refractivity (Wildman–Crippen MR) is 124 cm³/mol. The lowest BCUT2D eigenvalue weighted by Crippen LogP contribution is -2.20. The first-order chi connectivity index (χ1) is 12.0. The Hall–Kier alpha value is -1.31. The summed E-state index contributed by atoms with van der Waals surface area (Å²) in [5, 5.41) is 0. The van der Waals surface area contributed by atoms with E-state index in [2.05, 4.69) is 79.7 Å². The Balaban J connectivity index is 2.65. The molecule has 0 unspecified atom stereocenters. The van der Waals surface area contributed by atoms with Crippen molar-refractivity contribution in [1.82, 2.24) is 0 Å². The highest BCUT2D eigenvalue weighted by Gasteiger charge is 2.17. The van der Waals surface area contributed by atoms with Crippen LogP contribution in [0.5, 0.6) is 0 Å². The van der Waals surface area contributed by atoms with Gasteiger partial charge >= 0.3 is 0 Å². The molecule has 26 heavy (non-hydrogen) atoms. The van der Waals surface area contributed by atoms with Crippen LogP contribution in [-0.2, 0) is 0 Å². The Morgan fingerprint density at radius 2 is 1.04 bits per heavy atom. The molecule has 0 heterocycles. The van der Waals surface area contributed by atoms with Crippen molar-refractivity contribution >= 4 is 27.0 Å². The summed E-state index contributed by atoms with van der Waals surface area (Å²) in [5.41, 5.74) is 2.31. The number of hydrogen-bond acceptors (Lipinski definition) is 2. The minimum Gasteiger partial charge on any atom is -0.287 e. The monoisotopic (exact) mass is 352 g/mol. The van der Waals surface area contributed by atoms with Crippen LogP contribution >= 0.6 is 0 Å². The summed E-state index contributed by atoms with van der Waals surface area (Å²) in [7, 11) is 2.43. The van der Waals surface area contributed by atoms with Crippen molar-refractivity contribution in [3.8, 4) is 0 Å². The van der Waals surface area contributed by atoms with Gasteiger partial charge in [-0.3, -0.25) is 9.98 Å². The molecule has 0 aliphatic carbocycles. The minimum absolute atomic E-state index is 0.00480. The molecule has 1 rings (SSSR count). The molecule has 2 nitrogen and oxygen atoms in total. The lowest BCUT2D eigenvalue weighted by molar-refractivity contribution is 0.580. The van der Waals surface area contributed by atoms with Gasteiger partial charge in [-0.15, -0.1) is 0 Å². The lowest BCUT2D eigenvalue weighted by Gasteiger charge is -2.20. The number of nitrogens with zero attached hydrogens (tertiary/aromatic N) is 2. The molecule has 4 heteroatoms. The van der Waals surface area contributed by atoms with E-state index in [0.717, 1.165) is 35.4 Å². The van der Waals surface area contributed by atoms with E-state index in [4.69, 9.17) is 9.98 Å². The number of aliphatic imine (C=N–C) groups is 2. The quantitative estimate of drug-likeness (QED) is 0.395. The summed E-state index contributed by atoms with van der Waals surface area (Å²) in [6, 6.07) is 8.52. The van der Waals surface area contributed by atoms with E-state index in [1.54, 1.807) is 0 Å². The SMILES string of the molecule is CC(C)BCC(C)(C)/N=C/c1ccc(/C=N/C(C)(C)CBC(C)C)cc1. The van der Waals surface area contributed by atoms with E-state index < -0.39 is 0 Å². The van der Waals surface area contributed by atoms with Crippen molar-refractivity contribution in [3.05, 3.63) is 35.4 Å². The maximum atomic E-state index is 4.80. The van der Waals surface area contributed by atoms with Gasteiger partial charge in [0.05, 0.1) is 0 Å². The van der Waals surface area contributed by atoms with Gasteiger partial charge in [0.1, 0.15) is 14.6 Å². The summed E-state index contributed by atoms with van der Waals surface area (Å²) >= 11 is 0. The minimum atomic E-state index is 0.00480. The van der Waals surface area contributed by atoms with E-state index >= 15 is 0 Å². The summed E-state index contributed by atoms with van der Waals surface area (Å²) in [6.07, 6.45) is 6.26. The average Bonchev–Trinajstić information content (AvgIpc) is 2.56. The van der Waals surface area contributed by atoms with Gasteiger partial charge in [-0.2, -0.15) is 0 Å². The second kappa shape index (κ2) is 10.1. The first-order valence-corrected chi connectivity index (χ1v) is 10.2. The fourth-order valence-electron chi connectivity index (χ4n) is 2.58. The first kappa shape index (κ1) is 22.7. The third-order valence-corrected chi connectivity index (χ3v) is 4.73. The Labute approximate surface area is 163 Å². The Kier molecular flexibility index (Phi) is 8.86. The summed E-state index contributed by atoms with van der Waals surface area (Å²) in [4.78, 5) is 9.59. The number of benzene rings is 1. The van der Waals surface area contributed by atoms with Crippen molar-refractivity contribution in [2.75, 3.05) is 0 Å². The largest absolute Gasteiger partial charge is 0.287 e. The number of hydrogen-bond donors (Lipinski definition) is 0. The predicted octanol–water partition coefficient (Wildman–Crippen LogP) is 5.45. The average molecular weight is 352 g/mol. The van der Waals surface area contributed by atoms with Gasteiger partial charge in [0.15, 0.2) is 0 Å². The molecule has 1 aromatic carbocycles. The molecular weight excluding hydrogens is 314 g/mol. The second-order valence-electron chi connectivity index (χ2n) is 9.67. The molecule has 0 atom stereocenters. The van der Waals surface area contributed by atoms with Crippen LogP contribution in [0.3, 0.4) is 0 Å². The zero-order chi connectivity index (χ0) is 19.8. The molecule has 0 spiro atoms. The zero-order valence-corrected chi connectivity index (χ0v) is 18.3. The van der Waals surface area contributed by atoms with E-state index in [9.17, 15) is 0 Å². The third kappa shape index (κ3) is 9.99. The van der Waals surface area contributed by atoms with E-state index in [-0.39, 0.29) is 11.1 Å². The van der Waals surface area contributed by atoms with E-state index in [0.29, 0.717) is 0 Å². The molecule has 0 saturated heterocycles. The molecule has 0 radical (unpaired) electrons. The molecule has 0 aromatic heterocycles. The van der Waals surface area contributed by atoms with Crippen LogP contribution in [0.15, 0.2) is 34.3 Å². The van der Waals surface area contributed by atoms with Crippen molar-refractivity contribution in [3.63, 3.8) is 0 Å². The Bertz CT molecular complexity index is 532. The Morgan fingerprint density at radius 3 is 1.31 bits per heavy atom. The van der Waals surface area contributed by atoms with E-state index in [1.807, 2.05) is 12.4 Å². The molecular formula is C22H38B2N2. The van der Waals surface area contributed by atoms with Crippen LogP contribution in [0.25, 0.3) is 0 Å². The van der Waals surface area contributed by atoms with Crippen LogP contribution in [0.2, 0.25) is 24.3 Å². The molecule has 142 valence electrons. The van der Waals surface area contributed by atoms with Crippen LogP contribution in [0.1, 0.15) is 66.5 Å². The van der Waals surface area contributed by atoms with Crippen molar-refractivity contribution in [1.29, 1.82) is 0 Å². The van der Waals surface area contributed by atoms with Gasteiger partial charge in [-0.25, -0.2) is 0 Å². The van der Waals surface area contributed by atoms with Crippen LogP contribution < -0.4 is 0 Å². The van der Waals surface area contributed by atoms with Crippen LogP contribution in [0.4, 0.5) is 0 Å². The van der Waals surface area contributed by atoms with E-state index in [1.165, 1.54) is 14.6 Å². The summed E-state index contributed by atoms with van der Waals surface area (Å²) < 4.78 is 0. The zero-order valence-electron chi connectivity index (χ0n) is 18.3. The highest BCUT2D eigenvalue weighted by atomic mass is 14.8. The summed E-state index contributed by atoms with van der Waals surface area (Å²) in [6.45, 7) is 17.9. The van der Waals surface area contributed by atoms with Gasteiger partial charge in [-0.1, -0.05) is 76.2 Å². The van der Waals surface area contributed by atoms with Gasteiger partial charge in [0, 0.05) is 23.5 Å². The molecule has 0 aliphatic heterocycles.